The van der Waals surface area contributed by atoms with Gasteiger partial charge in [-0.3, -0.25) is 4.79 Å². The number of likely N-dealkylation sites (tertiary alicyclic amines) is 1. The molecule has 1 aromatic rings. The quantitative estimate of drug-likeness (QED) is 0.913. The molecule has 108 valence electrons. The lowest BCUT2D eigenvalue weighted by Gasteiger charge is -2.31. The third kappa shape index (κ3) is 3.21. The highest BCUT2D eigenvalue weighted by atomic mass is 16.2. The summed E-state index contributed by atoms with van der Waals surface area (Å²) in [5.41, 5.74) is 1.47. The maximum atomic E-state index is 11.3. The van der Waals surface area contributed by atoms with Crippen LogP contribution in [0, 0.1) is 5.92 Å². The lowest BCUT2D eigenvalue weighted by Crippen LogP contribution is -2.40. The summed E-state index contributed by atoms with van der Waals surface area (Å²) in [7, 11) is 0. The van der Waals surface area contributed by atoms with Gasteiger partial charge in [0.2, 0.25) is 5.91 Å². The standard InChI is InChI=1S/C17H24N2O/c1-13(20)19-9-7-14(8-10-19)12-18-17-11-16(17)15-5-3-2-4-6-15/h2-6,14,16-18H,7-12H2,1H3. The van der Waals surface area contributed by atoms with Gasteiger partial charge in [0.1, 0.15) is 0 Å². The van der Waals surface area contributed by atoms with Gasteiger partial charge in [-0.05, 0) is 37.3 Å². The Hall–Kier alpha value is -1.35. The van der Waals surface area contributed by atoms with Gasteiger partial charge in [-0.1, -0.05) is 30.3 Å². The maximum absolute atomic E-state index is 11.3. The first-order valence-electron chi connectivity index (χ1n) is 7.78. The first-order valence-corrected chi connectivity index (χ1v) is 7.78. The zero-order chi connectivity index (χ0) is 13.9. The second kappa shape index (κ2) is 5.96. The van der Waals surface area contributed by atoms with E-state index in [0.29, 0.717) is 12.0 Å². The van der Waals surface area contributed by atoms with Crippen molar-refractivity contribution in [2.24, 2.45) is 5.92 Å². The van der Waals surface area contributed by atoms with Gasteiger partial charge in [-0.15, -0.1) is 0 Å². The second-order valence-electron chi connectivity index (χ2n) is 6.22. The molecule has 2 fully saturated rings. The van der Waals surface area contributed by atoms with E-state index >= 15 is 0 Å². The summed E-state index contributed by atoms with van der Waals surface area (Å²) in [4.78, 5) is 13.3. The molecule has 2 aliphatic rings. The highest BCUT2D eigenvalue weighted by molar-refractivity contribution is 5.73. The molecular weight excluding hydrogens is 248 g/mol. The lowest BCUT2D eigenvalue weighted by molar-refractivity contribution is -0.130. The molecule has 1 heterocycles. The molecule has 3 rings (SSSR count). The molecule has 2 unspecified atom stereocenters. The van der Waals surface area contributed by atoms with Crippen LogP contribution in [-0.4, -0.2) is 36.5 Å². The average Bonchev–Trinajstić information content (AvgIpc) is 3.26. The Morgan fingerprint density at radius 1 is 1.25 bits per heavy atom. The number of hydrogen-bond acceptors (Lipinski definition) is 2. The van der Waals surface area contributed by atoms with E-state index in [1.165, 1.54) is 12.0 Å². The number of hydrogen-bond donors (Lipinski definition) is 1. The smallest absolute Gasteiger partial charge is 0.219 e. The molecule has 0 aromatic heterocycles. The second-order valence-corrected chi connectivity index (χ2v) is 6.22. The van der Waals surface area contributed by atoms with Gasteiger partial charge in [0.05, 0.1) is 0 Å². The number of nitrogens with one attached hydrogen (secondary N) is 1. The van der Waals surface area contributed by atoms with E-state index in [1.54, 1.807) is 6.92 Å². The van der Waals surface area contributed by atoms with Crippen molar-refractivity contribution in [3.63, 3.8) is 0 Å². The Morgan fingerprint density at radius 2 is 1.95 bits per heavy atom. The predicted molar refractivity (Wildman–Crippen MR) is 80.6 cm³/mol. The molecule has 3 nitrogen and oxygen atoms in total. The zero-order valence-electron chi connectivity index (χ0n) is 12.2. The third-order valence-electron chi connectivity index (χ3n) is 4.75. The van der Waals surface area contributed by atoms with Crippen LogP contribution in [0.2, 0.25) is 0 Å². The Bertz CT molecular complexity index is 451. The summed E-state index contributed by atoms with van der Waals surface area (Å²) in [5, 5.41) is 3.72. The fourth-order valence-corrected chi connectivity index (χ4v) is 3.26. The molecule has 1 amide bonds. The van der Waals surface area contributed by atoms with Crippen molar-refractivity contribution in [3.8, 4) is 0 Å². The number of amides is 1. The van der Waals surface area contributed by atoms with Gasteiger partial charge in [-0.25, -0.2) is 0 Å². The number of carbonyl (C=O) groups is 1. The molecule has 1 saturated carbocycles. The first-order chi connectivity index (χ1) is 9.74. The van der Waals surface area contributed by atoms with Crippen LogP contribution in [0.25, 0.3) is 0 Å². The van der Waals surface area contributed by atoms with Crippen LogP contribution < -0.4 is 5.32 Å². The summed E-state index contributed by atoms with van der Waals surface area (Å²) in [6.45, 7) is 4.66. The lowest BCUT2D eigenvalue weighted by atomic mass is 9.96. The van der Waals surface area contributed by atoms with E-state index in [0.717, 1.165) is 38.4 Å². The van der Waals surface area contributed by atoms with E-state index in [1.807, 2.05) is 4.90 Å². The van der Waals surface area contributed by atoms with Gasteiger partial charge in [-0.2, -0.15) is 0 Å². The fraction of sp³-hybridized carbons (Fsp3) is 0.588. The fourth-order valence-electron chi connectivity index (χ4n) is 3.26. The van der Waals surface area contributed by atoms with Crippen LogP contribution in [0.15, 0.2) is 30.3 Å². The molecule has 3 heteroatoms. The zero-order valence-corrected chi connectivity index (χ0v) is 12.2. The van der Waals surface area contributed by atoms with Gasteiger partial charge >= 0.3 is 0 Å². The summed E-state index contributed by atoms with van der Waals surface area (Å²) < 4.78 is 0. The Morgan fingerprint density at radius 3 is 2.60 bits per heavy atom. The molecule has 1 saturated heterocycles. The van der Waals surface area contributed by atoms with Crippen LogP contribution in [0.4, 0.5) is 0 Å². The van der Waals surface area contributed by atoms with Gasteiger partial charge < -0.3 is 10.2 Å². The minimum Gasteiger partial charge on any atom is -0.343 e. The van der Waals surface area contributed by atoms with E-state index in [2.05, 4.69) is 35.6 Å². The molecule has 1 aliphatic carbocycles. The van der Waals surface area contributed by atoms with E-state index in [-0.39, 0.29) is 5.91 Å². The number of nitrogens with zero attached hydrogens (tertiary/aromatic N) is 1. The predicted octanol–water partition coefficient (Wildman–Crippen LogP) is 2.39. The average molecular weight is 272 g/mol. The SMILES string of the molecule is CC(=O)N1CCC(CNC2CC2c2ccccc2)CC1. The van der Waals surface area contributed by atoms with Crippen molar-refractivity contribution in [2.75, 3.05) is 19.6 Å². The highest BCUT2D eigenvalue weighted by Crippen LogP contribution is 2.40. The van der Waals surface area contributed by atoms with E-state index in [4.69, 9.17) is 0 Å². The number of piperidine rings is 1. The van der Waals surface area contributed by atoms with Crippen molar-refractivity contribution in [3.05, 3.63) is 35.9 Å². The van der Waals surface area contributed by atoms with Gasteiger partial charge in [0.15, 0.2) is 0 Å². The first kappa shape index (κ1) is 13.6. The Labute approximate surface area is 121 Å². The Balaban J connectivity index is 1.39. The van der Waals surface area contributed by atoms with Crippen molar-refractivity contribution in [1.29, 1.82) is 0 Å². The minimum atomic E-state index is 0.225. The molecule has 1 aliphatic heterocycles. The highest BCUT2D eigenvalue weighted by Gasteiger charge is 2.38. The molecule has 1 aromatic carbocycles. The van der Waals surface area contributed by atoms with Crippen molar-refractivity contribution in [1.82, 2.24) is 10.2 Å². The molecule has 20 heavy (non-hydrogen) atoms. The minimum absolute atomic E-state index is 0.225. The van der Waals surface area contributed by atoms with Gasteiger partial charge in [0, 0.05) is 32.0 Å². The molecule has 0 radical (unpaired) electrons. The van der Waals surface area contributed by atoms with Crippen LogP contribution in [-0.2, 0) is 4.79 Å². The van der Waals surface area contributed by atoms with Crippen LogP contribution in [0.1, 0.15) is 37.7 Å². The molecule has 0 bridgehead atoms. The third-order valence-corrected chi connectivity index (χ3v) is 4.75. The van der Waals surface area contributed by atoms with E-state index in [9.17, 15) is 4.79 Å². The van der Waals surface area contributed by atoms with Gasteiger partial charge in [0.25, 0.3) is 0 Å². The molecule has 1 N–H and O–H groups in total. The van der Waals surface area contributed by atoms with Crippen LogP contribution >= 0.6 is 0 Å². The Kier molecular flexibility index (Phi) is 4.06. The monoisotopic (exact) mass is 272 g/mol. The van der Waals surface area contributed by atoms with Crippen LogP contribution in [0.3, 0.4) is 0 Å². The molecular formula is C17H24N2O. The summed E-state index contributed by atoms with van der Waals surface area (Å²) >= 11 is 0. The number of benzene rings is 1. The maximum Gasteiger partial charge on any atom is 0.219 e. The largest absolute Gasteiger partial charge is 0.343 e. The summed E-state index contributed by atoms with van der Waals surface area (Å²) in [6.07, 6.45) is 3.57. The number of carbonyl (C=O) groups excluding carboxylic acids is 1. The van der Waals surface area contributed by atoms with E-state index < -0.39 is 0 Å². The van der Waals surface area contributed by atoms with Crippen LogP contribution in [0.5, 0.6) is 0 Å². The molecule has 0 spiro atoms. The normalized spacial score (nSPS) is 26.6. The topological polar surface area (TPSA) is 32.3 Å². The summed E-state index contributed by atoms with van der Waals surface area (Å²) in [5.74, 6) is 1.68. The van der Waals surface area contributed by atoms with Crippen molar-refractivity contribution >= 4 is 5.91 Å². The summed E-state index contributed by atoms with van der Waals surface area (Å²) in [6, 6.07) is 11.5. The number of rotatable bonds is 4. The van der Waals surface area contributed by atoms with Crippen molar-refractivity contribution in [2.45, 2.75) is 38.1 Å². The van der Waals surface area contributed by atoms with Crippen molar-refractivity contribution < 1.29 is 4.79 Å². The molecule has 2 atom stereocenters.